The lowest BCUT2D eigenvalue weighted by Gasteiger charge is -2.42. The molecule has 2 nitrogen and oxygen atoms in total. The lowest BCUT2D eigenvalue weighted by molar-refractivity contribution is 0.0383. The van der Waals surface area contributed by atoms with Crippen LogP contribution in [0.3, 0.4) is 0 Å². The Morgan fingerprint density at radius 3 is 2.38 bits per heavy atom. The Morgan fingerprint density at radius 1 is 0.962 bits per heavy atom. The highest BCUT2D eigenvalue weighted by Crippen LogP contribution is 2.50. The molecule has 3 aromatic rings. The second-order valence-corrected chi connectivity index (χ2v) is 7.16. The first kappa shape index (κ1) is 16.9. The van der Waals surface area contributed by atoms with Crippen molar-refractivity contribution in [3.8, 4) is 5.75 Å². The summed E-state index contributed by atoms with van der Waals surface area (Å²) in [6.07, 6.45) is 1.83. The van der Waals surface area contributed by atoms with Crippen LogP contribution in [0, 0.1) is 6.92 Å². The van der Waals surface area contributed by atoms with E-state index in [-0.39, 0.29) is 5.92 Å². The molecular weight excluding hydrogens is 320 g/mol. The molecule has 1 aliphatic rings. The molecule has 0 spiro atoms. The van der Waals surface area contributed by atoms with E-state index in [0.29, 0.717) is 0 Å². The van der Waals surface area contributed by atoms with Gasteiger partial charge in [-0.05, 0) is 54.2 Å². The van der Waals surface area contributed by atoms with E-state index >= 15 is 0 Å². The van der Waals surface area contributed by atoms with Crippen molar-refractivity contribution in [2.24, 2.45) is 0 Å². The van der Waals surface area contributed by atoms with Gasteiger partial charge < -0.3 is 9.84 Å². The number of fused-ring (bicyclic) bond motifs is 1. The second-order valence-electron chi connectivity index (χ2n) is 7.16. The van der Waals surface area contributed by atoms with Crippen LogP contribution < -0.4 is 4.74 Å². The molecule has 0 saturated carbocycles. The van der Waals surface area contributed by atoms with E-state index in [1.807, 2.05) is 18.2 Å². The monoisotopic (exact) mass is 344 g/mol. The minimum atomic E-state index is -1.05. The zero-order valence-electron chi connectivity index (χ0n) is 15.3. The summed E-state index contributed by atoms with van der Waals surface area (Å²) in [6, 6.07) is 24.7. The van der Waals surface area contributed by atoms with Gasteiger partial charge in [0.15, 0.2) is 0 Å². The number of hydrogen-bond acceptors (Lipinski definition) is 2. The van der Waals surface area contributed by atoms with Crippen molar-refractivity contribution in [3.05, 3.63) is 101 Å². The van der Waals surface area contributed by atoms with Gasteiger partial charge in [0.2, 0.25) is 0 Å². The van der Waals surface area contributed by atoms with Crippen molar-refractivity contribution >= 4 is 0 Å². The third-order valence-electron chi connectivity index (χ3n) is 5.62. The van der Waals surface area contributed by atoms with E-state index in [4.69, 9.17) is 4.74 Å². The number of ether oxygens (including phenoxy) is 1. The maximum atomic E-state index is 12.1. The summed E-state index contributed by atoms with van der Waals surface area (Å²) in [5.74, 6) is 0.862. The number of methoxy groups -OCH3 is 1. The first-order valence-corrected chi connectivity index (χ1v) is 9.15. The second kappa shape index (κ2) is 6.62. The highest BCUT2D eigenvalue weighted by molar-refractivity contribution is 5.50. The zero-order valence-corrected chi connectivity index (χ0v) is 15.3. The average Bonchev–Trinajstić information content (AvgIpc) is 2.69. The van der Waals surface area contributed by atoms with Crippen LogP contribution in [0.1, 0.15) is 40.2 Å². The van der Waals surface area contributed by atoms with Crippen LogP contribution in [0.25, 0.3) is 0 Å². The van der Waals surface area contributed by atoms with Gasteiger partial charge in [0.25, 0.3) is 0 Å². The van der Waals surface area contributed by atoms with E-state index in [1.165, 1.54) is 16.7 Å². The predicted octanol–water partition coefficient (Wildman–Crippen LogP) is 4.97. The minimum absolute atomic E-state index is 0.0206. The number of aryl methyl sites for hydroxylation is 2. The average molecular weight is 344 g/mol. The smallest absolute Gasteiger partial charge is 0.122 e. The van der Waals surface area contributed by atoms with Crippen LogP contribution in [0.4, 0.5) is 0 Å². The Hall–Kier alpha value is -2.58. The number of aliphatic hydroxyl groups is 1. The Kier molecular flexibility index (Phi) is 4.29. The molecule has 0 fully saturated rings. The molecule has 0 bridgehead atoms. The first-order valence-electron chi connectivity index (χ1n) is 9.15. The molecule has 0 amide bonds. The normalized spacial score (nSPS) is 21.9. The molecule has 132 valence electrons. The summed E-state index contributed by atoms with van der Waals surface area (Å²) in [7, 11) is 1.68. The first-order chi connectivity index (χ1) is 12.6. The van der Waals surface area contributed by atoms with E-state index < -0.39 is 5.60 Å². The summed E-state index contributed by atoms with van der Waals surface area (Å²) in [4.78, 5) is 0. The molecular formula is C24H24O2. The third-order valence-corrected chi connectivity index (χ3v) is 5.62. The van der Waals surface area contributed by atoms with Crippen molar-refractivity contribution in [2.45, 2.75) is 31.3 Å². The van der Waals surface area contributed by atoms with Gasteiger partial charge in [-0.15, -0.1) is 0 Å². The van der Waals surface area contributed by atoms with E-state index in [9.17, 15) is 5.11 Å². The molecule has 26 heavy (non-hydrogen) atoms. The number of rotatable bonds is 3. The highest BCUT2D eigenvalue weighted by atomic mass is 16.5. The number of benzene rings is 3. The molecule has 0 radical (unpaired) electrons. The summed E-state index contributed by atoms with van der Waals surface area (Å²) < 4.78 is 5.40. The Morgan fingerprint density at radius 2 is 1.69 bits per heavy atom. The lowest BCUT2D eigenvalue weighted by Crippen LogP contribution is -2.39. The topological polar surface area (TPSA) is 29.5 Å². The van der Waals surface area contributed by atoms with Crippen LogP contribution in [-0.4, -0.2) is 12.2 Å². The quantitative estimate of drug-likeness (QED) is 0.727. The fourth-order valence-electron chi connectivity index (χ4n) is 4.23. The van der Waals surface area contributed by atoms with Gasteiger partial charge in [-0.2, -0.15) is 0 Å². The van der Waals surface area contributed by atoms with Crippen molar-refractivity contribution in [3.63, 3.8) is 0 Å². The SMILES string of the molecule is COc1ccc2c(c1)CCC(c1ccccc1)C2(O)c1ccc(C)cc1. The van der Waals surface area contributed by atoms with Crippen LogP contribution in [-0.2, 0) is 12.0 Å². The zero-order chi connectivity index (χ0) is 18.1. The Labute approximate surface area is 155 Å². The Balaban J connectivity index is 1.92. The van der Waals surface area contributed by atoms with Crippen LogP contribution in [0.5, 0.6) is 5.75 Å². The predicted molar refractivity (Wildman–Crippen MR) is 105 cm³/mol. The van der Waals surface area contributed by atoms with Crippen molar-refractivity contribution in [1.29, 1.82) is 0 Å². The molecule has 3 aromatic carbocycles. The van der Waals surface area contributed by atoms with E-state index in [1.54, 1.807) is 7.11 Å². The summed E-state index contributed by atoms with van der Waals surface area (Å²) in [5.41, 5.74) is 4.43. The molecule has 4 rings (SSSR count). The fourth-order valence-corrected chi connectivity index (χ4v) is 4.23. The van der Waals surface area contributed by atoms with Gasteiger partial charge in [0.05, 0.1) is 7.11 Å². The van der Waals surface area contributed by atoms with Gasteiger partial charge in [0, 0.05) is 5.92 Å². The summed E-state index contributed by atoms with van der Waals surface area (Å²) >= 11 is 0. The van der Waals surface area contributed by atoms with Crippen LogP contribution in [0.2, 0.25) is 0 Å². The van der Waals surface area contributed by atoms with Gasteiger partial charge in [-0.3, -0.25) is 0 Å². The van der Waals surface area contributed by atoms with Gasteiger partial charge in [-0.1, -0.05) is 66.2 Å². The van der Waals surface area contributed by atoms with Crippen molar-refractivity contribution in [2.75, 3.05) is 7.11 Å². The van der Waals surface area contributed by atoms with E-state index in [2.05, 4.69) is 61.5 Å². The molecule has 0 saturated heterocycles. The molecule has 0 heterocycles. The molecule has 2 unspecified atom stereocenters. The molecule has 2 atom stereocenters. The lowest BCUT2D eigenvalue weighted by atomic mass is 9.66. The standard InChI is InChI=1S/C24H24O2/c1-17-8-11-20(12-9-17)24(25)22(18-6-4-3-5-7-18)14-10-19-16-21(26-2)13-15-23(19)24/h3-9,11-13,15-16,22,25H,10,14H2,1-2H3. The summed E-state index contributed by atoms with van der Waals surface area (Å²) in [6.45, 7) is 2.07. The molecule has 1 aliphatic carbocycles. The van der Waals surface area contributed by atoms with Crippen molar-refractivity contribution in [1.82, 2.24) is 0 Å². The van der Waals surface area contributed by atoms with Gasteiger partial charge in [-0.25, -0.2) is 0 Å². The number of hydrogen-bond donors (Lipinski definition) is 1. The van der Waals surface area contributed by atoms with Crippen molar-refractivity contribution < 1.29 is 9.84 Å². The third kappa shape index (κ3) is 2.71. The molecule has 1 N–H and O–H groups in total. The maximum Gasteiger partial charge on any atom is 0.122 e. The minimum Gasteiger partial charge on any atom is -0.497 e. The van der Waals surface area contributed by atoms with Gasteiger partial charge >= 0.3 is 0 Å². The summed E-state index contributed by atoms with van der Waals surface area (Å²) in [5, 5.41) is 12.1. The maximum absolute atomic E-state index is 12.1. The van der Waals surface area contributed by atoms with Crippen LogP contribution >= 0.6 is 0 Å². The van der Waals surface area contributed by atoms with Gasteiger partial charge in [0.1, 0.15) is 11.4 Å². The fraction of sp³-hybridized carbons (Fsp3) is 0.250. The molecule has 0 aliphatic heterocycles. The van der Waals surface area contributed by atoms with E-state index in [0.717, 1.165) is 29.7 Å². The molecule has 2 heteroatoms. The molecule has 0 aromatic heterocycles. The Bertz CT molecular complexity index is 899. The highest BCUT2D eigenvalue weighted by Gasteiger charge is 2.44. The largest absolute Gasteiger partial charge is 0.497 e. The van der Waals surface area contributed by atoms with Crippen LogP contribution in [0.15, 0.2) is 72.8 Å².